The third kappa shape index (κ3) is 2.67. The summed E-state index contributed by atoms with van der Waals surface area (Å²) in [6, 6.07) is 8.47. The van der Waals surface area contributed by atoms with E-state index in [2.05, 4.69) is 20.1 Å². The zero-order valence-electron chi connectivity index (χ0n) is 12.0. The Labute approximate surface area is 123 Å². The van der Waals surface area contributed by atoms with Gasteiger partial charge >= 0.3 is 0 Å². The highest BCUT2D eigenvalue weighted by Gasteiger charge is 2.24. The van der Waals surface area contributed by atoms with Crippen LogP contribution in [-0.4, -0.2) is 20.7 Å². The summed E-state index contributed by atoms with van der Waals surface area (Å²) in [5.74, 6) is 1.60. The largest absolute Gasteiger partial charge is 0.345 e. The number of benzene rings is 1. The SMILES string of the molecule is CC(NC(=O)[C@H](N)c1ccccc1)c1nnc2n1CCC2. The van der Waals surface area contributed by atoms with E-state index in [4.69, 9.17) is 5.73 Å². The molecule has 110 valence electrons. The summed E-state index contributed by atoms with van der Waals surface area (Å²) in [6.07, 6.45) is 2.04. The fourth-order valence-corrected chi connectivity index (χ4v) is 2.67. The average molecular weight is 285 g/mol. The molecular weight excluding hydrogens is 266 g/mol. The quantitative estimate of drug-likeness (QED) is 0.881. The summed E-state index contributed by atoms with van der Waals surface area (Å²) in [5, 5.41) is 11.3. The van der Waals surface area contributed by atoms with Crippen LogP contribution in [0.1, 0.15) is 42.6 Å². The zero-order valence-corrected chi connectivity index (χ0v) is 12.0. The van der Waals surface area contributed by atoms with E-state index in [1.54, 1.807) is 0 Å². The first-order chi connectivity index (χ1) is 10.2. The van der Waals surface area contributed by atoms with E-state index < -0.39 is 6.04 Å². The number of carbonyl (C=O) groups excluding carboxylic acids is 1. The molecule has 1 amide bonds. The van der Waals surface area contributed by atoms with E-state index in [0.717, 1.165) is 36.6 Å². The molecule has 1 aliphatic rings. The molecule has 0 fully saturated rings. The third-order valence-electron chi connectivity index (χ3n) is 3.83. The molecular formula is C15H19N5O. The van der Waals surface area contributed by atoms with Gasteiger partial charge in [0.25, 0.3) is 0 Å². The average Bonchev–Trinajstić information content (AvgIpc) is 3.09. The van der Waals surface area contributed by atoms with Crippen molar-refractivity contribution in [3.8, 4) is 0 Å². The number of hydrogen-bond donors (Lipinski definition) is 2. The van der Waals surface area contributed by atoms with E-state index in [0.29, 0.717) is 0 Å². The van der Waals surface area contributed by atoms with Crippen molar-refractivity contribution in [2.75, 3.05) is 0 Å². The van der Waals surface area contributed by atoms with Crippen LogP contribution < -0.4 is 11.1 Å². The van der Waals surface area contributed by atoms with Gasteiger partial charge in [0.1, 0.15) is 11.9 Å². The van der Waals surface area contributed by atoms with Crippen LogP contribution in [0.3, 0.4) is 0 Å². The molecule has 1 aromatic heterocycles. The van der Waals surface area contributed by atoms with Gasteiger partial charge in [-0.05, 0) is 18.9 Å². The molecule has 2 heterocycles. The fraction of sp³-hybridized carbons (Fsp3) is 0.400. The molecule has 0 spiro atoms. The fourth-order valence-electron chi connectivity index (χ4n) is 2.67. The molecule has 0 radical (unpaired) electrons. The molecule has 0 aliphatic carbocycles. The predicted molar refractivity (Wildman–Crippen MR) is 78.3 cm³/mol. The van der Waals surface area contributed by atoms with E-state index in [1.165, 1.54) is 0 Å². The molecule has 3 rings (SSSR count). The summed E-state index contributed by atoms with van der Waals surface area (Å²) in [6.45, 7) is 2.83. The Hall–Kier alpha value is -2.21. The lowest BCUT2D eigenvalue weighted by Gasteiger charge is -2.17. The highest BCUT2D eigenvalue weighted by molar-refractivity contribution is 5.83. The molecule has 21 heavy (non-hydrogen) atoms. The van der Waals surface area contributed by atoms with E-state index in [-0.39, 0.29) is 11.9 Å². The van der Waals surface area contributed by atoms with Crippen LogP contribution in [0, 0.1) is 0 Å². The van der Waals surface area contributed by atoms with Crippen molar-refractivity contribution in [1.29, 1.82) is 0 Å². The Bertz CT molecular complexity index is 637. The number of hydrogen-bond acceptors (Lipinski definition) is 4. The molecule has 1 unspecified atom stereocenters. The van der Waals surface area contributed by atoms with Crippen LogP contribution >= 0.6 is 0 Å². The maximum atomic E-state index is 12.3. The van der Waals surface area contributed by atoms with Gasteiger partial charge in [-0.3, -0.25) is 4.79 Å². The van der Waals surface area contributed by atoms with Crippen molar-refractivity contribution in [3.05, 3.63) is 47.5 Å². The van der Waals surface area contributed by atoms with Crippen molar-refractivity contribution in [2.45, 2.75) is 38.4 Å². The Morgan fingerprint density at radius 1 is 1.33 bits per heavy atom. The van der Waals surface area contributed by atoms with Gasteiger partial charge in [0.2, 0.25) is 5.91 Å². The number of amides is 1. The van der Waals surface area contributed by atoms with E-state index >= 15 is 0 Å². The van der Waals surface area contributed by atoms with Crippen LogP contribution in [0.4, 0.5) is 0 Å². The first-order valence-corrected chi connectivity index (χ1v) is 7.19. The number of rotatable bonds is 4. The second-order valence-corrected chi connectivity index (χ2v) is 5.35. The molecule has 0 saturated carbocycles. The molecule has 6 nitrogen and oxygen atoms in total. The van der Waals surface area contributed by atoms with Gasteiger partial charge in [-0.1, -0.05) is 30.3 Å². The Morgan fingerprint density at radius 2 is 2.10 bits per heavy atom. The first-order valence-electron chi connectivity index (χ1n) is 7.19. The van der Waals surface area contributed by atoms with Crippen LogP contribution in [0.15, 0.2) is 30.3 Å². The lowest BCUT2D eigenvalue weighted by Crippen LogP contribution is -2.36. The van der Waals surface area contributed by atoms with Crippen LogP contribution in [0.25, 0.3) is 0 Å². The predicted octanol–water partition coefficient (Wildman–Crippen LogP) is 1.10. The molecule has 6 heteroatoms. The van der Waals surface area contributed by atoms with Gasteiger partial charge in [-0.25, -0.2) is 0 Å². The van der Waals surface area contributed by atoms with E-state index in [1.807, 2.05) is 37.3 Å². The zero-order chi connectivity index (χ0) is 14.8. The Balaban J connectivity index is 1.69. The smallest absolute Gasteiger partial charge is 0.242 e. The van der Waals surface area contributed by atoms with Gasteiger partial charge in [-0.2, -0.15) is 0 Å². The van der Waals surface area contributed by atoms with E-state index in [9.17, 15) is 4.79 Å². The highest BCUT2D eigenvalue weighted by atomic mass is 16.2. The van der Waals surface area contributed by atoms with Crippen molar-refractivity contribution in [3.63, 3.8) is 0 Å². The molecule has 1 aromatic carbocycles. The summed E-state index contributed by atoms with van der Waals surface area (Å²) >= 11 is 0. The van der Waals surface area contributed by atoms with Crippen LogP contribution in [0.5, 0.6) is 0 Å². The monoisotopic (exact) mass is 285 g/mol. The molecule has 2 atom stereocenters. The maximum Gasteiger partial charge on any atom is 0.242 e. The van der Waals surface area contributed by atoms with Gasteiger partial charge in [0, 0.05) is 13.0 Å². The number of carbonyl (C=O) groups is 1. The number of fused-ring (bicyclic) bond motifs is 1. The Kier molecular flexibility index (Phi) is 3.70. The molecule has 0 bridgehead atoms. The number of nitrogens with two attached hydrogens (primary N) is 1. The number of nitrogens with zero attached hydrogens (tertiary/aromatic N) is 3. The Morgan fingerprint density at radius 3 is 2.86 bits per heavy atom. The minimum Gasteiger partial charge on any atom is -0.345 e. The summed E-state index contributed by atoms with van der Waals surface area (Å²) < 4.78 is 2.08. The lowest BCUT2D eigenvalue weighted by atomic mass is 10.1. The van der Waals surface area contributed by atoms with Crippen molar-refractivity contribution in [2.24, 2.45) is 5.73 Å². The maximum absolute atomic E-state index is 12.3. The molecule has 3 N–H and O–H groups in total. The first kappa shape index (κ1) is 13.8. The highest BCUT2D eigenvalue weighted by Crippen LogP contribution is 2.19. The van der Waals surface area contributed by atoms with Crippen molar-refractivity contribution >= 4 is 5.91 Å². The van der Waals surface area contributed by atoms with Gasteiger partial charge in [-0.15, -0.1) is 10.2 Å². The van der Waals surface area contributed by atoms with Crippen LogP contribution in [-0.2, 0) is 17.8 Å². The van der Waals surface area contributed by atoms with Crippen LogP contribution in [0.2, 0.25) is 0 Å². The number of aryl methyl sites for hydroxylation is 1. The molecule has 2 aromatic rings. The second-order valence-electron chi connectivity index (χ2n) is 5.35. The normalized spacial score (nSPS) is 16.3. The second kappa shape index (κ2) is 5.65. The summed E-state index contributed by atoms with van der Waals surface area (Å²) in [5.41, 5.74) is 6.80. The summed E-state index contributed by atoms with van der Waals surface area (Å²) in [4.78, 5) is 12.3. The summed E-state index contributed by atoms with van der Waals surface area (Å²) in [7, 11) is 0. The topological polar surface area (TPSA) is 85.8 Å². The number of nitrogens with one attached hydrogen (secondary N) is 1. The lowest BCUT2D eigenvalue weighted by molar-refractivity contribution is -0.123. The molecule has 0 saturated heterocycles. The third-order valence-corrected chi connectivity index (χ3v) is 3.83. The van der Waals surface area contributed by atoms with Gasteiger partial charge in [0.15, 0.2) is 5.82 Å². The van der Waals surface area contributed by atoms with Gasteiger partial charge in [0.05, 0.1) is 6.04 Å². The van der Waals surface area contributed by atoms with Gasteiger partial charge < -0.3 is 15.6 Å². The van der Waals surface area contributed by atoms with Crippen molar-refractivity contribution in [1.82, 2.24) is 20.1 Å². The number of aromatic nitrogens is 3. The van der Waals surface area contributed by atoms with Crippen molar-refractivity contribution < 1.29 is 4.79 Å². The standard InChI is InChI=1S/C15H19N5O/c1-10(14-19-18-12-8-5-9-20(12)14)17-15(21)13(16)11-6-3-2-4-7-11/h2-4,6-7,10,13H,5,8-9,16H2,1H3,(H,17,21)/t10?,13-/m1/s1. The molecule has 1 aliphatic heterocycles. The minimum absolute atomic E-state index is 0.202. The minimum atomic E-state index is -0.672.